The molecule has 0 aliphatic carbocycles. The predicted molar refractivity (Wildman–Crippen MR) is 84.3 cm³/mol. The van der Waals surface area contributed by atoms with Crippen molar-refractivity contribution in [1.82, 2.24) is 4.90 Å². The fraction of sp³-hybridized carbons (Fsp3) is 0.562. The van der Waals surface area contributed by atoms with Gasteiger partial charge in [0.15, 0.2) is 0 Å². The Morgan fingerprint density at radius 1 is 1.25 bits per heavy atom. The van der Waals surface area contributed by atoms with E-state index >= 15 is 0 Å². The summed E-state index contributed by atoms with van der Waals surface area (Å²) in [4.78, 5) is 14.2. The summed E-state index contributed by atoms with van der Waals surface area (Å²) in [6, 6.07) is 5.77. The Balaban J connectivity index is 1.78. The lowest BCUT2D eigenvalue weighted by Crippen LogP contribution is -2.32. The van der Waals surface area contributed by atoms with Crippen LogP contribution >= 0.6 is 11.6 Å². The number of carbonyl (C=O) groups excluding carboxylic acids is 1. The van der Waals surface area contributed by atoms with Gasteiger partial charge in [-0.15, -0.1) is 0 Å². The molecule has 4 heteroatoms. The zero-order chi connectivity index (χ0) is 14.4. The first-order valence-corrected chi connectivity index (χ1v) is 7.82. The molecule has 20 heavy (non-hydrogen) atoms. The molecule has 2 rings (SSSR count). The summed E-state index contributed by atoms with van der Waals surface area (Å²) in [6.07, 6.45) is 5.37. The molecule has 3 nitrogen and oxygen atoms in total. The van der Waals surface area contributed by atoms with E-state index in [2.05, 4.69) is 5.32 Å². The zero-order valence-electron chi connectivity index (χ0n) is 12.1. The number of nitrogens with one attached hydrogen (secondary N) is 1. The molecule has 1 aliphatic rings. The van der Waals surface area contributed by atoms with Crippen LogP contribution in [0, 0.1) is 6.92 Å². The van der Waals surface area contributed by atoms with E-state index in [1.165, 1.54) is 12.8 Å². The molecule has 1 amide bonds. The SMILES string of the molecule is Cc1cc(Cl)ccc1NCCC(=O)N1CCCCCC1. The van der Waals surface area contributed by atoms with E-state index < -0.39 is 0 Å². The van der Waals surface area contributed by atoms with E-state index in [-0.39, 0.29) is 5.91 Å². The summed E-state index contributed by atoms with van der Waals surface area (Å²) < 4.78 is 0. The number of benzene rings is 1. The largest absolute Gasteiger partial charge is 0.384 e. The second-order valence-electron chi connectivity index (χ2n) is 5.43. The van der Waals surface area contributed by atoms with Gasteiger partial charge >= 0.3 is 0 Å². The average Bonchev–Trinajstić information content (AvgIpc) is 2.70. The molecule has 1 saturated heterocycles. The smallest absolute Gasteiger partial charge is 0.224 e. The molecule has 1 aliphatic heterocycles. The number of halogens is 1. The van der Waals surface area contributed by atoms with Crippen LogP contribution < -0.4 is 5.32 Å². The second-order valence-corrected chi connectivity index (χ2v) is 5.87. The van der Waals surface area contributed by atoms with Crippen molar-refractivity contribution in [2.45, 2.75) is 39.0 Å². The van der Waals surface area contributed by atoms with Gasteiger partial charge in [-0.3, -0.25) is 4.79 Å². The Hall–Kier alpha value is -1.22. The third kappa shape index (κ3) is 4.41. The molecular weight excluding hydrogens is 272 g/mol. The van der Waals surface area contributed by atoms with Crippen molar-refractivity contribution >= 4 is 23.2 Å². The molecule has 1 N–H and O–H groups in total. The van der Waals surface area contributed by atoms with Crippen molar-refractivity contribution in [2.75, 3.05) is 25.0 Å². The van der Waals surface area contributed by atoms with Gasteiger partial charge in [-0.2, -0.15) is 0 Å². The quantitative estimate of drug-likeness (QED) is 0.915. The van der Waals surface area contributed by atoms with Crippen molar-refractivity contribution in [3.05, 3.63) is 28.8 Å². The summed E-state index contributed by atoms with van der Waals surface area (Å²) in [5.41, 5.74) is 2.16. The van der Waals surface area contributed by atoms with Crippen LogP contribution in [0.3, 0.4) is 0 Å². The molecule has 0 spiro atoms. The van der Waals surface area contributed by atoms with Gasteiger partial charge in [0.05, 0.1) is 0 Å². The van der Waals surface area contributed by atoms with Gasteiger partial charge in [-0.25, -0.2) is 0 Å². The van der Waals surface area contributed by atoms with Crippen molar-refractivity contribution in [3.63, 3.8) is 0 Å². The van der Waals surface area contributed by atoms with Crippen LogP contribution in [0.25, 0.3) is 0 Å². The molecular formula is C16H23ClN2O. The highest BCUT2D eigenvalue weighted by atomic mass is 35.5. The summed E-state index contributed by atoms with van der Waals surface area (Å²) in [5.74, 6) is 0.269. The molecule has 0 aromatic heterocycles. The minimum Gasteiger partial charge on any atom is -0.384 e. The highest BCUT2D eigenvalue weighted by molar-refractivity contribution is 6.30. The lowest BCUT2D eigenvalue weighted by Gasteiger charge is -2.20. The van der Waals surface area contributed by atoms with Crippen LogP contribution in [0.2, 0.25) is 5.02 Å². The number of nitrogens with zero attached hydrogens (tertiary/aromatic N) is 1. The minimum absolute atomic E-state index is 0.269. The molecule has 0 saturated carbocycles. The Labute approximate surface area is 126 Å². The lowest BCUT2D eigenvalue weighted by atomic mass is 10.2. The number of rotatable bonds is 4. The van der Waals surface area contributed by atoms with Gasteiger partial charge in [-0.05, 0) is 43.5 Å². The van der Waals surface area contributed by atoms with Crippen LogP contribution in [-0.4, -0.2) is 30.4 Å². The first-order valence-electron chi connectivity index (χ1n) is 7.44. The molecule has 0 radical (unpaired) electrons. The maximum Gasteiger partial charge on any atom is 0.224 e. The maximum absolute atomic E-state index is 12.1. The maximum atomic E-state index is 12.1. The van der Waals surface area contributed by atoms with Crippen molar-refractivity contribution in [1.29, 1.82) is 0 Å². The first-order chi connectivity index (χ1) is 9.66. The van der Waals surface area contributed by atoms with Gasteiger partial charge in [0.2, 0.25) is 5.91 Å². The highest BCUT2D eigenvalue weighted by Crippen LogP contribution is 2.19. The number of carbonyl (C=O) groups is 1. The van der Waals surface area contributed by atoms with Crippen LogP contribution in [0.1, 0.15) is 37.7 Å². The van der Waals surface area contributed by atoms with Crippen molar-refractivity contribution < 1.29 is 4.79 Å². The highest BCUT2D eigenvalue weighted by Gasteiger charge is 2.14. The Kier molecular flexibility index (Phi) is 5.72. The molecule has 1 heterocycles. The van der Waals surface area contributed by atoms with E-state index in [1.807, 2.05) is 30.0 Å². The van der Waals surface area contributed by atoms with Crippen LogP contribution in [-0.2, 0) is 4.79 Å². The molecule has 0 bridgehead atoms. The monoisotopic (exact) mass is 294 g/mol. The zero-order valence-corrected chi connectivity index (χ0v) is 12.9. The van der Waals surface area contributed by atoms with Gasteiger partial charge in [0.1, 0.15) is 0 Å². The topological polar surface area (TPSA) is 32.3 Å². The molecule has 1 aromatic carbocycles. The lowest BCUT2D eigenvalue weighted by molar-refractivity contribution is -0.130. The van der Waals surface area contributed by atoms with E-state index in [0.29, 0.717) is 13.0 Å². The third-order valence-electron chi connectivity index (χ3n) is 3.80. The van der Waals surface area contributed by atoms with Gasteiger partial charge < -0.3 is 10.2 Å². The molecule has 110 valence electrons. The summed E-state index contributed by atoms with van der Waals surface area (Å²) in [5, 5.41) is 4.06. The van der Waals surface area contributed by atoms with E-state index in [1.54, 1.807) is 0 Å². The van der Waals surface area contributed by atoms with E-state index in [9.17, 15) is 4.79 Å². The van der Waals surface area contributed by atoms with Crippen LogP contribution in [0.4, 0.5) is 5.69 Å². The molecule has 0 atom stereocenters. The Morgan fingerprint density at radius 2 is 1.95 bits per heavy atom. The summed E-state index contributed by atoms with van der Waals surface area (Å²) in [6.45, 7) is 4.56. The number of likely N-dealkylation sites (tertiary alicyclic amines) is 1. The van der Waals surface area contributed by atoms with Gasteiger partial charge in [0.25, 0.3) is 0 Å². The summed E-state index contributed by atoms with van der Waals surface area (Å²) in [7, 11) is 0. The van der Waals surface area contributed by atoms with E-state index in [0.717, 1.165) is 42.2 Å². The molecule has 0 unspecified atom stereocenters. The fourth-order valence-electron chi connectivity index (χ4n) is 2.61. The van der Waals surface area contributed by atoms with Gasteiger partial charge in [-0.1, -0.05) is 24.4 Å². The average molecular weight is 295 g/mol. The van der Waals surface area contributed by atoms with Crippen LogP contribution in [0.5, 0.6) is 0 Å². The number of aryl methyl sites for hydroxylation is 1. The summed E-state index contributed by atoms with van der Waals surface area (Å²) >= 11 is 5.93. The molecule has 1 aromatic rings. The van der Waals surface area contributed by atoms with Crippen molar-refractivity contribution in [3.8, 4) is 0 Å². The Morgan fingerprint density at radius 3 is 2.60 bits per heavy atom. The number of hydrogen-bond donors (Lipinski definition) is 1. The first kappa shape index (κ1) is 15.2. The normalized spacial score (nSPS) is 15.8. The minimum atomic E-state index is 0.269. The number of amides is 1. The standard InChI is InChI=1S/C16H23ClN2O/c1-13-12-14(17)6-7-15(13)18-9-8-16(20)19-10-4-2-3-5-11-19/h6-7,12,18H,2-5,8-11H2,1H3. The predicted octanol–water partition coefficient (Wildman–Crippen LogP) is 3.85. The molecule has 1 fully saturated rings. The number of hydrogen-bond acceptors (Lipinski definition) is 2. The van der Waals surface area contributed by atoms with Crippen LogP contribution in [0.15, 0.2) is 18.2 Å². The van der Waals surface area contributed by atoms with Crippen molar-refractivity contribution in [2.24, 2.45) is 0 Å². The Bertz CT molecular complexity index is 454. The van der Waals surface area contributed by atoms with E-state index in [4.69, 9.17) is 11.6 Å². The van der Waals surface area contributed by atoms with Gasteiger partial charge in [0, 0.05) is 36.8 Å². The fourth-order valence-corrected chi connectivity index (χ4v) is 2.83. The number of anilines is 1. The second kappa shape index (κ2) is 7.53. The third-order valence-corrected chi connectivity index (χ3v) is 4.04.